The lowest BCUT2D eigenvalue weighted by molar-refractivity contribution is -0.123. The Kier molecular flexibility index (Phi) is 5.95. The fourth-order valence-electron chi connectivity index (χ4n) is 4.05. The first-order valence-electron chi connectivity index (χ1n) is 9.59. The molecule has 2 aromatic carbocycles. The molecule has 5 nitrogen and oxygen atoms in total. The van der Waals surface area contributed by atoms with Crippen molar-refractivity contribution in [2.75, 3.05) is 6.54 Å². The summed E-state index contributed by atoms with van der Waals surface area (Å²) in [6.07, 6.45) is 0. The summed E-state index contributed by atoms with van der Waals surface area (Å²) in [6.45, 7) is 6.75. The minimum absolute atomic E-state index is 0.0460. The average Bonchev–Trinajstić information content (AvgIpc) is 3.04. The molecule has 0 saturated carbocycles. The molecule has 1 fully saturated rings. The van der Waals surface area contributed by atoms with Gasteiger partial charge in [-0.25, -0.2) is 0 Å². The zero-order valence-corrected chi connectivity index (χ0v) is 16.3. The van der Waals surface area contributed by atoms with E-state index in [2.05, 4.69) is 47.4 Å². The monoisotopic (exact) mass is 366 g/mol. The van der Waals surface area contributed by atoms with E-state index in [9.17, 15) is 4.79 Å². The second-order valence-corrected chi connectivity index (χ2v) is 7.75. The molecule has 1 saturated heterocycles. The van der Waals surface area contributed by atoms with Crippen LogP contribution >= 0.6 is 0 Å². The van der Waals surface area contributed by atoms with E-state index in [-0.39, 0.29) is 29.3 Å². The third-order valence-electron chi connectivity index (χ3n) is 5.85. The summed E-state index contributed by atoms with van der Waals surface area (Å²) in [5.74, 6) is -0.0630. The maximum atomic E-state index is 12.8. The van der Waals surface area contributed by atoms with Gasteiger partial charge in [0, 0.05) is 30.0 Å². The maximum absolute atomic E-state index is 12.8. The van der Waals surface area contributed by atoms with E-state index in [1.165, 1.54) is 0 Å². The van der Waals surface area contributed by atoms with Crippen molar-refractivity contribution >= 4 is 5.91 Å². The Balaban J connectivity index is 1.78. The molecule has 0 aliphatic carbocycles. The summed E-state index contributed by atoms with van der Waals surface area (Å²) in [5.41, 5.74) is 14.7. The summed E-state index contributed by atoms with van der Waals surface area (Å²) in [7, 11) is 0. The average molecular weight is 367 g/mol. The quantitative estimate of drug-likeness (QED) is 0.630. The number of amides is 1. The third kappa shape index (κ3) is 4.05. The minimum Gasteiger partial charge on any atom is -0.354 e. The summed E-state index contributed by atoms with van der Waals surface area (Å²) >= 11 is 0. The molecule has 5 heteroatoms. The molecule has 0 spiro atoms. The Morgan fingerprint density at radius 2 is 1.44 bits per heavy atom. The molecule has 0 aromatic heterocycles. The van der Waals surface area contributed by atoms with Crippen LogP contribution in [0.2, 0.25) is 0 Å². The van der Waals surface area contributed by atoms with Crippen molar-refractivity contribution in [1.82, 2.24) is 16.2 Å². The van der Waals surface area contributed by atoms with Crippen LogP contribution in [0.5, 0.6) is 0 Å². The number of carbonyl (C=O) groups is 1. The minimum atomic E-state index is -0.562. The van der Waals surface area contributed by atoms with Gasteiger partial charge in [0.1, 0.15) is 0 Å². The molecule has 5 N–H and O–H groups in total. The summed E-state index contributed by atoms with van der Waals surface area (Å²) < 4.78 is 0. The van der Waals surface area contributed by atoms with E-state index in [4.69, 9.17) is 5.73 Å². The highest BCUT2D eigenvalue weighted by Crippen LogP contribution is 2.31. The van der Waals surface area contributed by atoms with Crippen LogP contribution < -0.4 is 21.9 Å². The number of benzene rings is 2. The molecule has 3 rings (SSSR count). The van der Waals surface area contributed by atoms with Gasteiger partial charge in [-0.3, -0.25) is 15.6 Å². The van der Waals surface area contributed by atoms with Crippen molar-refractivity contribution in [2.24, 2.45) is 11.7 Å². The Bertz CT molecular complexity index is 700. The van der Waals surface area contributed by atoms with Gasteiger partial charge in [0.15, 0.2) is 0 Å². The van der Waals surface area contributed by atoms with Gasteiger partial charge in [0.2, 0.25) is 5.91 Å². The van der Waals surface area contributed by atoms with E-state index in [0.29, 0.717) is 6.54 Å². The molecule has 0 radical (unpaired) electrons. The lowest BCUT2D eigenvalue weighted by Gasteiger charge is -2.32. The second kappa shape index (κ2) is 8.21. The van der Waals surface area contributed by atoms with E-state index in [0.717, 1.165) is 11.1 Å². The zero-order chi connectivity index (χ0) is 19.4. The Hall–Kier alpha value is -2.21. The Labute approximate surface area is 161 Å². The van der Waals surface area contributed by atoms with Crippen LogP contribution in [-0.2, 0) is 10.2 Å². The molecule has 3 atom stereocenters. The molecule has 3 unspecified atom stereocenters. The van der Waals surface area contributed by atoms with Crippen molar-refractivity contribution in [3.8, 4) is 0 Å². The zero-order valence-electron chi connectivity index (χ0n) is 16.3. The van der Waals surface area contributed by atoms with Crippen molar-refractivity contribution in [2.45, 2.75) is 44.3 Å². The Morgan fingerprint density at radius 1 is 1.00 bits per heavy atom. The molecule has 27 heavy (non-hydrogen) atoms. The normalized spacial score (nSPS) is 23.8. The van der Waals surface area contributed by atoms with Gasteiger partial charge in [-0.2, -0.15) is 0 Å². The van der Waals surface area contributed by atoms with Gasteiger partial charge in [0.25, 0.3) is 0 Å². The lowest BCUT2D eigenvalue weighted by atomic mass is 9.76. The molecular formula is C22H30N4O. The third-order valence-corrected chi connectivity index (χ3v) is 5.85. The number of rotatable bonds is 6. The molecule has 1 aliphatic rings. The number of carbonyl (C=O) groups excluding carboxylic acids is 1. The number of hydrazine groups is 1. The molecule has 1 heterocycles. The van der Waals surface area contributed by atoms with E-state index in [1.54, 1.807) is 0 Å². The van der Waals surface area contributed by atoms with Crippen molar-refractivity contribution in [1.29, 1.82) is 0 Å². The molecular weight excluding hydrogens is 336 g/mol. The smallest absolute Gasteiger partial charge is 0.237 e. The first-order valence-corrected chi connectivity index (χ1v) is 9.59. The van der Waals surface area contributed by atoms with Gasteiger partial charge in [0.05, 0.1) is 6.04 Å². The van der Waals surface area contributed by atoms with E-state index >= 15 is 0 Å². The number of nitrogens with two attached hydrogens (primary N) is 1. The van der Waals surface area contributed by atoms with Crippen LogP contribution in [-0.4, -0.2) is 30.6 Å². The van der Waals surface area contributed by atoms with Crippen LogP contribution in [0.3, 0.4) is 0 Å². The first-order chi connectivity index (χ1) is 12.9. The van der Waals surface area contributed by atoms with Crippen LogP contribution in [0.25, 0.3) is 0 Å². The maximum Gasteiger partial charge on any atom is 0.237 e. The van der Waals surface area contributed by atoms with Crippen molar-refractivity contribution in [3.63, 3.8) is 0 Å². The first kappa shape index (κ1) is 19.5. The number of hydrogen-bond acceptors (Lipinski definition) is 4. The fourth-order valence-corrected chi connectivity index (χ4v) is 4.05. The summed E-state index contributed by atoms with van der Waals surface area (Å²) in [6, 6.07) is 20.3. The van der Waals surface area contributed by atoms with Crippen molar-refractivity contribution in [3.05, 3.63) is 71.8 Å². The molecule has 0 bridgehead atoms. The lowest BCUT2D eigenvalue weighted by Crippen LogP contribution is -2.53. The van der Waals surface area contributed by atoms with E-state index < -0.39 is 6.04 Å². The van der Waals surface area contributed by atoms with Crippen LogP contribution in [0.4, 0.5) is 0 Å². The van der Waals surface area contributed by atoms with Gasteiger partial charge in [-0.1, -0.05) is 60.7 Å². The molecule has 1 aliphatic heterocycles. The van der Waals surface area contributed by atoms with Crippen LogP contribution in [0, 0.1) is 5.92 Å². The van der Waals surface area contributed by atoms with Crippen LogP contribution in [0.15, 0.2) is 60.7 Å². The van der Waals surface area contributed by atoms with E-state index in [1.807, 2.05) is 50.2 Å². The standard InChI is InChI=1S/C22H30N4O/c1-15-19(16(2)26-25-15)20(23)21(27)24-14-22(3,17-10-6-4-7-11-17)18-12-8-5-9-13-18/h4-13,15-16,19-20,25-26H,14,23H2,1-3H3,(H,24,27). The van der Waals surface area contributed by atoms with Crippen LogP contribution in [0.1, 0.15) is 31.9 Å². The molecule has 144 valence electrons. The van der Waals surface area contributed by atoms with Gasteiger partial charge < -0.3 is 11.1 Å². The topological polar surface area (TPSA) is 79.2 Å². The SMILES string of the molecule is CC1NNC(C)C1C(N)C(=O)NCC(C)(c1ccccc1)c1ccccc1. The highest BCUT2D eigenvalue weighted by Gasteiger charge is 2.38. The summed E-state index contributed by atoms with van der Waals surface area (Å²) in [4.78, 5) is 12.8. The van der Waals surface area contributed by atoms with Crippen molar-refractivity contribution < 1.29 is 4.79 Å². The van der Waals surface area contributed by atoms with Gasteiger partial charge in [-0.05, 0) is 31.9 Å². The number of hydrogen-bond donors (Lipinski definition) is 4. The summed E-state index contributed by atoms with van der Waals surface area (Å²) in [5, 5.41) is 3.12. The van der Waals surface area contributed by atoms with Gasteiger partial charge >= 0.3 is 0 Å². The highest BCUT2D eigenvalue weighted by molar-refractivity contribution is 5.82. The largest absolute Gasteiger partial charge is 0.354 e. The van der Waals surface area contributed by atoms with Gasteiger partial charge in [-0.15, -0.1) is 0 Å². The predicted octanol–water partition coefficient (Wildman–Crippen LogP) is 1.94. The highest BCUT2D eigenvalue weighted by atomic mass is 16.2. The Morgan fingerprint density at radius 3 is 1.89 bits per heavy atom. The predicted molar refractivity (Wildman–Crippen MR) is 109 cm³/mol. The molecule has 2 aromatic rings. The molecule has 1 amide bonds. The second-order valence-electron chi connectivity index (χ2n) is 7.75. The fraction of sp³-hybridized carbons (Fsp3) is 0.409. The number of nitrogens with one attached hydrogen (secondary N) is 3.